The van der Waals surface area contributed by atoms with Crippen molar-refractivity contribution in [2.75, 3.05) is 13.2 Å². The fourth-order valence-corrected chi connectivity index (χ4v) is 4.04. The van der Waals surface area contributed by atoms with Crippen LogP contribution in [0.15, 0.2) is 0 Å². The van der Waals surface area contributed by atoms with Crippen LogP contribution in [0, 0.1) is 30.1 Å². The molecule has 0 aromatic rings. The first-order chi connectivity index (χ1) is 11.0. The molecule has 0 atom stereocenters. The van der Waals surface area contributed by atoms with Gasteiger partial charge < -0.3 is 8.85 Å². The molecule has 0 fully saturated rings. The standard InChI is InChI=1S/C21H40O2Si2/c1-13-15-21(16-14-2,17-22-24(9,10)19(3,4)5)18-23-25(11,12)20(6,7)8/h1-2H,15-18H2,3-12H3. The highest BCUT2D eigenvalue weighted by molar-refractivity contribution is 6.74. The molecule has 0 aliphatic carbocycles. The largest absolute Gasteiger partial charge is 0.416 e. The predicted molar refractivity (Wildman–Crippen MR) is 116 cm³/mol. The minimum absolute atomic E-state index is 0.158. The third kappa shape index (κ3) is 6.95. The van der Waals surface area contributed by atoms with Crippen LogP contribution < -0.4 is 0 Å². The zero-order valence-electron chi connectivity index (χ0n) is 18.3. The summed E-state index contributed by atoms with van der Waals surface area (Å²) in [7, 11) is -3.73. The quantitative estimate of drug-likeness (QED) is 0.376. The van der Waals surface area contributed by atoms with Crippen molar-refractivity contribution in [1.29, 1.82) is 0 Å². The summed E-state index contributed by atoms with van der Waals surface area (Å²) in [5, 5.41) is 0.316. The van der Waals surface area contributed by atoms with Crippen molar-refractivity contribution in [3.8, 4) is 24.7 Å². The van der Waals surface area contributed by atoms with E-state index in [0.717, 1.165) is 0 Å². The number of rotatable bonds is 8. The second-order valence-corrected chi connectivity index (χ2v) is 20.0. The van der Waals surface area contributed by atoms with Crippen LogP contribution in [-0.2, 0) is 8.85 Å². The van der Waals surface area contributed by atoms with E-state index in [4.69, 9.17) is 21.7 Å². The van der Waals surface area contributed by atoms with Gasteiger partial charge in [-0.05, 0) is 36.3 Å². The van der Waals surface area contributed by atoms with E-state index in [1.165, 1.54) is 0 Å². The molecular weight excluding hydrogens is 340 g/mol. The molecule has 0 aromatic carbocycles. The molecule has 0 aromatic heterocycles. The molecule has 4 heteroatoms. The van der Waals surface area contributed by atoms with Crippen LogP contribution in [0.3, 0.4) is 0 Å². The van der Waals surface area contributed by atoms with Crippen molar-refractivity contribution < 1.29 is 8.85 Å². The van der Waals surface area contributed by atoms with Gasteiger partial charge in [-0.15, -0.1) is 24.7 Å². The molecule has 25 heavy (non-hydrogen) atoms. The van der Waals surface area contributed by atoms with Crippen LogP contribution >= 0.6 is 0 Å². The molecule has 0 rings (SSSR count). The molecule has 0 bridgehead atoms. The molecule has 2 nitrogen and oxygen atoms in total. The van der Waals surface area contributed by atoms with E-state index < -0.39 is 16.6 Å². The fourth-order valence-electron chi connectivity index (χ4n) is 1.84. The third-order valence-corrected chi connectivity index (χ3v) is 15.0. The predicted octanol–water partition coefficient (Wildman–Crippen LogP) is 6.06. The summed E-state index contributed by atoms with van der Waals surface area (Å²) in [5.74, 6) is 5.64. The van der Waals surface area contributed by atoms with E-state index in [2.05, 4.69) is 79.6 Å². The van der Waals surface area contributed by atoms with Gasteiger partial charge in [-0.2, -0.15) is 0 Å². The van der Waals surface area contributed by atoms with Gasteiger partial charge in [0.25, 0.3) is 0 Å². The summed E-state index contributed by atoms with van der Waals surface area (Å²) in [6, 6.07) is 0. The second kappa shape index (κ2) is 8.44. The number of terminal acetylenes is 2. The van der Waals surface area contributed by atoms with Crippen molar-refractivity contribution in [3.05, 3.63) is 0 Å². The van der Waals surface area contributed by atoms with Gasteiger partial charge >= 0.3 is 0 Å². The lowest BCUT2D eigenvalue weighted by Gasteiger charge is -2.43. The lowest BCUT2D eigenvalue weighted by atomic mass is 9.83. The van der Waals surface area contributed by atoms with Gasteiger partial charge in [0.2, 0.25) is 0 Å². The minimum Gasteiger partial charge on any atom is -0.416 e. The van der Waals surface area contributed by atoms with Gasteiger partial charge in [0.1, 0.15) is 0 Å². The average molecular weight is 381 g/mol. The van der Waals surface area contributed by atoms with Crippen LogP contribution in [0.25, 0.3) is 0 Å². The van der Waals surface area contributed by atoms with E-state index >= 15 is 0 Å². The fraction of sp³-hybridized carbons (Fsp3) is 0.810. The molecule has 0 saturated heterocycles. The Kier molecular flexibility index (Phi) is 8.26. The minimum atomic E-state index is -1.87. The van der Waals surface area contributed by atoms with Crippen molar-refractivity contribution in [1.82, 2.24) is 0 Å². The topological polar surface area (TPSA) is 18.5 Å². The van der Waals surface area contributed by atoms with Crippen LogP contribution in [-0.4, -0.2) is 29.8 Å². The Bertz CT molecular complexity index is 460. The summed E-state index contributed by atoms with van der Waals surface area (Å²) in [6.45, 7) is 23.7. The molecule has 0 N–H and O–H groups in total. The molecular formula is C21H40O2Si2. The normalized spacial score (nSPS) is 14.1. The monoisotopic (exact) mass is 380 g/mol. The van der Waals surface area contributed by atoms with E-state index in [9.17, 15) is 0 Å². The summed E-state index contributed by atoms with van der Waals surface area (Å²) >= 11 is 0. The molecule has 0 aliphatic rings. The first kappa shape index (κ1) is 24.5. The Morgan fingerprint density at radius 2 is 0.960 bits per heavy atom. The molecule has 0 spiro atoms. The molecule has 0 saturated carbocycles. The third-order valence-electron chi connectivity index (χ3n) is 6.04. The smallest absolute Gasteiger partial charge is 0.192 e. The Morgan fingerprint density at radius 1 is 0.680 bits per heavy atom. The summed E-state index contributed by atoms with van der Waals surface area (Å²) < 4.78 is 13.0. The van der Waals surface area contributed by atoms with Crippen molar-refractivity contribution in [3.63, 3.8) is 0 Å². The highest BCUT2D eigenvalue weighted by Crippen LogP contribution is 2.41. The van der Waals surface area contributed by atoms with Gasteiger partial charge in [-0.25, -0.2) is 0 Å². The lowest BCUT2D eigenvalue weighted by Crippen LogP contribution is -2.48. The molecule has 144 valence electrons. The zero-order valence-corrected chi connectivity index (χ0v) is 20.3. The first-order valence-electron chi connectivity index (χ1n) is 9.18. The first-order valence-corrected chi connectivity index (χ1v) is 15.0. The maximum Gasteiger partial charge on any atom is 0.192 e. The van der Waals surface area contributed by atoms with Crippen LogP contribution in [0.5, 0.6) is 0 Å². The Hall–Kier alpha value is -0.526. The van der Waals surface area contributed by atoms with Crippen molar-refractivity contribution in [2.24, 2.45) is 5.41 Å². The van der Waals surface area contributed by atoms with Gasteiger partial charge in [-0.1, -0.05) is 41.5 Å². The Labute approximate surface area is 159 Å². The van der Waals surface area contributed by atoms with E-state index in [1.54, 1.807) is 0 Å². The number of hydrogen-bond donors (Lipinski definition) is 0. The Morgan fingerprint density at radius 3 is 1.16 bits per heavy atom. The molecule has 0 amide bonds. The second-order valence-electron chi connectivity index (χ2n) is 10.4. The molecule has 0 aliphatic heterocycles. The van der Waals surface area contributed by atoms with Gasteiger partial charge in [0.05, 0.1) is 0 Å². The van der Waals surface area contributed by atoms with Gasteiger partial charge in [0.15, 0.2) is 16.6 Å². The molecule has 0 unspecified atom stereocenters. The SMILES string of the molecule is C#CCC(CC#C)(CO[Si](C)(C)C(C)(C)C)CO[Si](C)(C)C(C)(C)C. The Balaban J connectivity index is 5.41. The van der Waals surface area contributed by atoms with Crippen LogP contribution in [0.2, 0.25) is 36.3 Å². The highest BCUT2D eigenvalue weighted by Gasteiger charge is 2.43. The summed E-state index contributed by atoms with van der Waals surface area (Å²) in [5.41, 5.74) is -0.297. The van der Waals surface area contributed by atoms with Crippen molar-refractivity contribution in [2.45, 2.75) is 90.6 Å². The highest BCUT2D eigenvalue weighted by atomic mass is 28.4. The zero-order chi connectivity index (χ0) is 20.2. The molecule has 0 radical (unpaired) electrons. The van der Waals surface area contributed by atoms with E-state index in [-0.39, 0.29) is 15.5 Å². The van der Waals surface area contributed by atoms with Crippen LogP contribution in [0.1, 0.15) is 54.4 Å². The average Bonchev–Trinajstić information content (AvgIpc) is 2.41. The summed E-state index contributed by atoms with van der Waals surface area (Å²) in [4.78, 5) is 0. The van der Waals surface area contributed by atoms with E-state index in [0.29, 0.717) is 26.1 Å². The maximum atomic E-state index is 6.50. The van der Waals surface area contributed by atoms with Crippen molar-refractivity contribution >= 4 is 16.6 Å². The maximum absolute atomic E-state index is 6.50. The lowest BCUT2D eigenvalue weighted by molar-refractivity contribution is 0.0726. The number of hydrogen-bond acceptors (Lipinski definition) is 2. The molecule has 0 heterocycles. The van der Waals surface area contributed by atoms with Crippen LogP contribution in [0.4, 0.5) is 0 Å². The van der Waals surface area contributed by atoms with Gasteiger partial charge in [0, 0.05) is 31.5 Å². The summed E-state index contributed by atoms with van der Waals surface area (Å²) in [6.07, 6.45) is 12.5. The van der Waals surface area contributed by atoms with Gasteiger partial charge in [-0.3, -0.25) is 0 Å². The van der Waals surface area contributed by atoms with E-state index in [1.807, 2.05) is 0 Å².